The summed E-state index contributed by atoms with van der Waals surface area (Å²) in [6.45, 7) is 2.21. The standard InChI is InChI=1S/C11H13N/c1-2-4-9-5-3-6-11-10(9)7-8-12-11/h3,5-8,12H,2,4H2,1H3. The van der Waals surface area contributed by atoms with E-state index >= 15 is 0 Å². The Hall–Kier alpha value is -1.24. The summed E-state index contributed by atoms with van der Waals surface area (Å²) in [7, 11) is 0. The fraction of sp³-hybridized carbons (Fsp3) is 0.273. The zero-order valence-corrected chi connectivity index (χ0v) is 7.30. The molecule has 0 bridgehead atoms. The van der Waals surface area contributed by atoms with Crippen molar-refractivity contribution in [1.29, 1.82) is 0 Å². The molecule has 0 unspecified atom stereocenters. The zero-order chi connectivity index (χ0) is 8.39. The van der Waals surface area contributed by atoms with Crippen molar-refractivity contribution < 1.29 is 0 Å². The second-order valence-electron chi connectivity index (χ2n) is 3.11. The molecule has 0 fully saturated rings. The van der Waals surface area contributed by atoms with Gasteiger partial charge in [-0.1, -0.05) is 25.5 Å². The van der Waals surface area contributed by atoms with Crippen molar-refractivity contribution in [3.05, 3.63) is 36.0 Å². The molecule has 12 heavy (non-hydrogen) atoms. The highest BCUT2D eigenvalue weighted by molar-refractivity contribution is 5.82. The van der Waals surface area contributed by atoms with E-state index in [0.29, 0.717) is 0 Å². The number of hydrogen-bond acceptors (Lipinski definition) is 0. The predicted octanol–water partition coefficient (Wildman–Crippen LogP) is 3.12. The molecular weight excluding hydrogens is 146 g/mol. The number of aryl methyl sites for hydroxylation is 1. The topological polar surface area (TPSA) is 15.8 Å². The van der Waals surface area contributed by atoms with E-state index in [1.54, 1.807) is 0 Å². The van der Waals surface area contributed by atoms with Gasteiger partial charge in [0.2, 0.25) is 0 Å². The van der Waals surface area contributed by atoms with E-state index in [0.717, 1.165) is 0 Å². The van der Waals surface area contributed by atoms with Crippen LogP contribution < -0.4 is 0 Å². The van der Waals surface area contributed by atoms with Crippen molar-refractivity contribution in [2.45, 2.75) is 19.8 Å². The molecule has 0 aliphatic rings. The molecule has 62 valence electrons. The average molecular weight is 159 g/mol. The second kappa shape index (κ2) is 3.02. The molecule has 2 rings (SSSR count). The molecule has 0 aliphatic carbocycles. The molecule has 1 aromatic heterocycles. The monoisotopic (exact) mass is 159 g/mol. The molecule has 2 aromatic rings. The molecule has 0 aliphatic heterocycles. The summed E-state index contributed by atoms with van der Waals surface area (Å²) in [6, 6.07) is 8.60. The maximum atomic E-state index is 3.22. The Morgan fingerprint density at radius 3 is 3.00 bits per heavy atom. The number of aromatic nitrogens is 1. The summed E-state index contributed by atoms with van der Waals surface area (Å²) in [5, 5.41) is 1.37. The lowest BCUT2D eigenvalue weighted by Gasteiger charge is -1.99. The molecule has 0 spiro atoms. The van der Waals surface area contributed by atoms with E-state index in [1.165, 1.54) is 29.3 Å². The van der Waals surface area contributed by atoms with Gasteiger partial charge in [0.15, 0.2) is 0 Å². The van der Waals surface area contributed by atoms with E-state index in [4.69, 9.17) is 0 Å². The van der Waals surface area contributed by atoms with Gasteiger partial charge in [0, 0.05) is 17.1 Å². The molecule has 0 saturated carbocycles. The summed E-state index contributed by atoms with van der Waals surface area (Å²) in [5.74, 6) is 0. The van der Waals surface area contributed by atoms with Gasteiger partial charge in [-0.3, -0.25) is 0 Å². The van der Waals surface area contributed by atoms with E-state index in [9.17, 15) is 0 Å². The second-order valence-corrected chi connectivity index (χ2v) is 3.11. The van der Waals surface area contributed by atoms with Crippen LogP contribution in [0.3, 0.4) is 0 Å². The van der Waals surface area contributed by atoms with E-state index < -0.39 is 0 Å². The van der Waals surface area contributed by atoms with Gasteiger partial charge in [-0.15, -0.1) is 0 Å². The fourth-order valence-electron chi connectivity index (χ4n) is 1.64. The number of fused-ring (bicyclic) bond motifs is 1. The largest absolute Gasteiger partial charge is 0.361 e. The van der Waals surface area contributed by atoms with Gasteiger partial charge in [0.05, 0.1) is 0 Å². The van der Waals surface area contributed by atoms with E-state index in [-0.39, 0.29) is 0 Å². The molecule has 1 heterocycles. The van der Waals surface area contributed by atoms with Crippen LogP contribution in [0, 0.1) is 0 Å². The average Bonchev–Trinajstić information content (AvgIpc) is 2.53. The van der Waals surface area contributed by atoms with Gasteiger partial charge in [0.1, 0.15) is 0 Å². The van der Waals surface area contributed by atoms with Gasteiger partial charge in [-0.2, -0.15) is 0 Å². The van der Waals surface area contributed by atoms with Gasteiger partial charge >= 0.3 is 0 Å². The van der Waals surface area contributed by atoms with Crippen LogP contribution >= 0.6 is 0 Å². The molecule has 0 amide bonds. The Bertz CT molecular complexity index is 373. The molecule has 1 aromatic carbocycles. The SMILES string of the molecule is CCCc1cccc2[nH]ccc12. The van der Waals surface area contributed by atoms with Crippen molar-refractivity contribution in [2.75, 3.05) is 0 Å². The Morgan fingerprint density at radius 1 is 1.25 bits per heavy atom. The van der Waals surface area contributed by atoms with Crippen LogP contribution in [0.15, 0.2) is 30.5 Å². The Balaban J connectivity index is 2.57. The Labute approximate surface area is 72.4 Å². The highest BCUT2D eigenvalue weighted by Crippen LogP contribution is 2.18. The van der Waals surface area contributed by atoms with Gasteiger partial charge in [-0.05, 0) is 24.1 Å². The number of benzene rings is 1. The van der Waals surface area contributed by atoms with Crippen LogP contribution in [-0.2, 0) is 6.42 Å². The maximum absolute atomic E-state index is 3.22. The lowest BCUT2D eigenvalue weighted by molar-refractivity contribution is 0.930. The van der Waals surface area contributed by atoms with Crippen LogP contribution in [0.1, 0.15) is 18.9 Å². The number of hydrogen-bond donors (Lipinski definition) is 1. The third kappa shape index (κ3) is 1.11. The minimum atomic E-state index is 1.18. The predicted molar refractivity (Wildman–Crippen MR) is 52.3 cm³/mol. The molecule has 0 saturated heterocycles. The molecule has 0 atom stereocenters. The number of aromatic amines is 1. The minimum absolute atomic E-state index is 1.18. The zero-order valence-electron chi connectivity index (χ0n) is 7.30. The first kappa shape index (κ1) is 7.41. The van der Waals surface area contributed by atoms with Gasteiger partial charge in [0.25, 0.3) is 0 Å². The summed E-state index contributed by atoms with van der Waals surface area (Å²) in [6.07, 6.45) is 4.39. The molecule has 1 nitrogen and oxygen atoms in total. The first-order chi connectivity index (χ1) is 5.92. The quantitative estimate of drug-likeness (QED) is 0.693. The van der Waals surface area contributed by atoms with Crippen LogP contribution in [-0.4, -0.2) is 4.98 Å². The van der Waals surface area contributed by atoms with Crippen LogP contribution in [0.2, 0.25) is 0 Å². The smallest absolute Gasteiger partial charge is 0.0456 e. The van der Waals surface area contributed by atoms with Crippen LogP contribution in [0.5, 0.6) is 0 Å². The maximum Gasteiger partial charge on any atom is 0.0456 e. The minimum Gasteiger partial charge on any atom is -0.361 e. The molecular formula is C11H13N. The lowest BCUT2D eigenvalue weighted by atomic mass is 10.1. The number of rotatable bonds is 2. The normalized spacial score (nSPS) is 10.8. The summed E-state index contributed by atoms with van der Waals surface area (Å²) in [5.41, 5.74) is 2.71. The van der Waals surface area contributed by atoms with Crippen molar-refractivity contribution in [2.24, 2.45) is 0 Å². The van der Waals surface area contributed by atoms with E-state index in [2.05, 4.69) is 36.2 Å². The first-order valence-electron chi connectivity index (χ1n) is 4.47. The first-order valence-corrected chi connectivity index (χ1v) is 4.47. The van der Waals surface area contributed by atoms with E-state index in [1.807, 2.05) is 6.20 Å². The molecule has 1 heteroatoms. The van der Waals surface area contributed by atoms with Crippen LogP contribution in [0.25, 0.3) is 10.9 Å². The van der Waals surface area contributed by atoms with Crippen molar-refractivity contribution >= 4 is 10.9 Å². The summed E-state index contributed by atoms with van der Waals surface area (Å²) < 4.78 is 0. The Kier molecular flexibility index (Phi) is 1.86. The highest BCUT2D eigenvalue weighted by Gasteiger charge is 1.98. The summed E-state index contributed by atoms with van der Waals surface area (Å²) >= 11 is 0. The third-order valence-corrected chi connectivity index (χ3v) is 2.20. The number of nitrogens with one attached hydrogen (secondary N) is 1. The molecule has 1 N–H and O–H groups in total. The van der Waals surface area contributed by atoms with Crippen LogP contribution in [0.4, 0.5) is 0 Å². The molecule has 0 radical (unpaired) electrons. The van der Waals surface area contributed by atoms with Gasteiger partial charge < -0.3 is 4.98 Å². The van der Waals surface area contributed by atoms with Crippen molar-refractivity contribution in [3.63, 3.8) is 0 Å². The Morgan fingerprint density at radius 2 is 2.17 bits per heavy atom. The fourth-order valence-corrected chi connectivity index (χ4v) is 1.64. The summed E-state index contributed by atoms with van der Waals surface area (Å²) in [4.78, 5) is 3.22. The van der Waals surface area contributed by atoms with Crippen molar-refractivity contribution in [3.8, 4) is 0 Å². The lowest BCUT2D eigenvalue weighted by Crippen LogP contribution is -1.82. The third-order valence-electron chi connectivity index (χ3n) is 2.20. The number of H-pyrrole nitrogens is 1. The van der Waals surface area contributed by atoms with Crippen molar-refractivity contribution in [1.82, 2.24) is 4.98 Å². The highest BCUT2D eigenvalue weighted by atomic mass is 14.7. The van der Waals surface area contributed by atoms with Gasteiger partial charge in [-0.25, -0.2) is 0 Å².